The van der Waals surface area contributed by atoms with Crippen molar-refractivity contribution in [2.24, 2.45) is 5.73 Å². The summed E-state index contributed by atoms with van der Waals surface area (Å²) in [6.45, 7) is -1.77. The molecule has 0 atom stereocenters. The summed E-state index contributed by atoms with van der Waals surface area (Å²) in [6, 6.07) is 0. The second kappa shape index (κ2) is 5.85. The Morgan fingerprint density at radius 2 is 1.89 bits per heavy atom. The average molecular weight is 263 g/mol. The molecule has 0 unspecified atom stereocenters. The van der Waals surface area contributed by atoms with Crippen molar-refractivity contribution in [2.45, 2.75) is 25.2 Å². The van der Waals surface area contributed by atoms with Crippen LogP contribution in [0, 0.1) is 0 Å². The number of imide groups is 1. The second-order valence-electron chi connectivity index (χ2n) is 4.03. The Kier molecular flexibility index (Phi) is 4.71. The smallest absolute Gasteiger partial charge is 0.277 e. The third-order valence-electron chi connectivity index (χ3n) is 2.56. The number of likely N-dealkylation sites (tertiary alicyclic amines) is 1. The Hall–Kier alpha value is -1.57. The van der Waals surface area contributed by atoms with E-state index < -0.39 is 24.9 Å². The zero-order valence-electron chi connectivity index (χ0n) is 9.75. The molecule has 1 aliphatic heterocycles. The summed E-state index contributed by atoms with van der Waals surface area (Å²) in [6.07, 6.45) is 0.107. The van der Waals surface area contributed by atoms with Crippen LogP contribution in [0.1, 0.15) is 19.3 Å². The van der Waals surface area contributed by atoms with Crippen molar-refractivity contribution >= 4 is 17.7 Å². The van der Waals surface area contributed by atoms with Crippen LogP contribution in [0.2, 0.25) is 0 Å². The predicted molar refractivity (Wildman–Crippen MR) is 57.6 cm³/mol. The van der Waals surface area contributed by atoms with Gasteiger partial charge in [0.15, 0.2) is 0 Å². The summed E-state index contributed by atoms with van der Waals surface area (Å²) < 4.78 is 25.4. The molecule has 102 valence electrons. The fraction of sp³-hybridized carbons (Fsp3) is 0.700. The Balaban J connectivity index is 2.29. The largest absolute Gasteiger partial charge is 0.350 e. The number of nitrogens with two attached hydrogens (primary N) is 1. The van der Waals surface area contributed by atoms with Crippen molar-refractivity contribution < 1.29 is 23.2 Å². The molecule has 1 aliphatic rings. The topological polar surface area (TPSA) is 92.5 Å². The minimum absolute atomic E-state index is 0.0717. The first-order chi connectivity index (χ1) is 8.35. The number of hydrogen-bond acceptors (Lipinski definition) is 4. The molecule has 8 heteroatoms. The molecule has 0 aromatic carbocycles. The molecule has 0 radical (unpaired) electrons. The fourth-order valence-electron chi connectivity index (χ4n) is 1.47. The SMILES string of the molecule is NCC(F)(F)CNC(=O)CCN1C(=O)CCC1=O. The minimum Gasteiger partial charge on any atom is -0.350 e. The zero-order valence-corrected chi connectivity index (χ0v) is 9.75. The Morgan fingerprint density at radius 1 is 1.33 bits per heavy atom. The van der Waals surface area contributed by atoms with Crippen LogP contribution in [-0.2, 0) is 14.4 Å². The first kappa shape index (κ1) is 14.5. The van der Waals surface area contributed by atoms with Crippen molar-refractivity contribution in [1.82, 2.24) is 10.2 Å². The molecule has 1 saturated heterocycles. The molecule has 3 amide bonds. The lowest BCUT2D eigenvalue weighted by atomic mass is 10.3. The summed E-state index contributed by atoms with van der Waals surface area (Å²) >= 11 is 0. The van der Waals surface area contributed by atoms with Crippen LogP contribution in [0.5, 0.6) is 0 Å². The first-order valence-corrected chi connectivity index (χ1v) is 5.53. The third kappa shape index (κ3) is 4.02. The van der Waals surface area contributed by atoms with Crippen LogP contribution in [-0.4, -0.2) is 48.2 Å². The molecule has 0 aromatic heterocycles. The highest BCUT2D eigenvalue weighted by atomic mass is 19.3. The normalized spacial score (nSPS) is 16.3. The molecule has 0 bridgehead atoms. The predicted octanol–water partition coefficient (Wildman–Crippen LogP) is -0.764. The summed E-state index contributed by atoms with van der Waals surface area (Å²) in [5.41, 5.74) is 4.80. The molecule has 0 saturated carbocycles. The van der Waals surface area contributed by atoms with Gasteiger partial charge >= 0.3 is 0 Å². The molecule has 0 aliphatic carbocycles. The lowest BCUT2D eigenvalue weighted by molar-refractivity contribution is -0.138. The van der Waals surface area contributed by atoms with Gasteiger partial charge in [0.1, 0.15) is 0 Å². The molecular formula is C10H15F2N3O3. The van der Waals surface area contributed by atoms with Gasteiger partial charge in [-0.05, 0) is 0 Å². The molecule has 3 N–H and O–H groups in total. The van der Waals surface area contributed by atoms with Crippen molar-refractivity contribution in [3.8, 4) is 0 Å². The van der Waals surface area contributed by atoms with Crippen molar-refractivity contribution in [1.29, 1.82) is 0 Å². The number of carbonyl (C=O) groups excluding carboxylic acids is 3. The fourth-order valence-corrected chi connectivity index (χ4v) is 1.47. The highest BCUT2D eigenvalue weighted by Gasteiger charge is 2.30. The molecule has 6 nitrogen and oxygen atoms in total. The number of rotatable bonds is 6. The lowest BCUT2D eigenvalue weighted by Crippen LogP contribution is -2.42. The summed E-state index contributed by atoms with van der Waals surface area (Å²) in [5.74, 6) is -4.45. The van der Waals surface area contributed by atoms with E-state index in [1.54, 1.807) is 0 Å². The number of amides is 3. The number of nitrogens with one attached hydrogen (secondary N) is 1. The Morgan fingerprint density at radius 3 is 2.39 bits per heavy atom. The van der Waals surface area contributed by atoms with E-state index in [1.807, 2.05) is 5.32 Å². The molecular weight excluding hydrogens is 248 g/mol. The molecule has 0 spiro atoms. The van der Waals surface area contributed by atoms with Gasteiger partial charge in [-0.3, -0.25) is 19.3 Å². The van der Waals surface area contributed by atoms with Crippen LogP contribution in [0.15, 0.2) is 0 Å². The summed E-state index contributed by atoms with van der Waals surface area (Å²) in [4.78, 5) is 34.6. The van der Waals surface area contributed by atoms with Gasteiger partial charge < -0.3 is 11.1 Å². The molecule has 0 aromatic rings. The number of carbonyl (C=O) groups is 3. The Bertz CT molecular complexity index is 344. The van der Waals surface area contributed by atoms with Gasteiger partial charge in [0.05, 0.1) is 13.1 Å². The van der Waals surface area contributed by atoms with Gasteiger partial charge in [0.25, 0.3) is 5.92 Å². The van der Waals surface area contributed by atoms with Crippen molar-refractivity contribution in [3.05, 3.63) is 0 Å². The van der Waals surface area contributed by atoms with E-state index in [9.17, 15) is 23.2 Å². The molecule has 1 fully saturated rings. The number of halogens is 2. The van der Waals surface area contributed by atoms with Crippen molar-refractivity contribution in [2.75, 3.05) is 19.6 Å². The maximum Gasteiger partial charge on any atom is 0.277 e. The zero-order chi connectivity index (χ0) is 13.8. The summed E-state index contributed by atoms with van der Waals surface area (Å²) in [5, 5.41) is 2.01. The monoisotopic (exact) mass is 263 g/mol. The standard InChI is InChI=1S/C10H15F2N3O3/c11-10(12,5-13)6-14-7(16)3-4-15-8(17)1-2-9(15)18/h1-6,13H2,(H,14,16). The lowest BCUT2D eigenvalue weighted by Gasteiger charge is -2.16. The van der Waals surface area contributed by atoms with Gasteiger partial charge in [0.2, 0.25) is 17.7 Å². The van der Waals surface area contributed by atoms with Gasteiger partial charge in [-0.2, -0.15) is 0 Å². The molecule has 18 heavy (non-hydrogen) atoms. The van der Waals surface area contributed by atoms with E-state index in [2.05, 4.69) is 0 Å². The first-order valence-electron chi connectivity index (χ1n) is 5.53. The third-order valence-corrected chi connectivity index (χ3v) is 2.56. The molecule has 1 heterocycles. The maximum absolute atomic E-state index is 12.7. The van der Waals surface area contributed by atoms with E-state index in [1.165, 1.54) is 0 Å². The minimum atomic E-state index is -3.14. The van der Waals surface area contributed by atoms with Crippen LogP contribution in [0.3, 0.4) is 0 Å². The van der Waals surface area contributed by atoms with Crippen molar-refractivity contribution in [3.63, 3.8) is 0 Å². The van der Waals surface area contributed by atoms with Crippen LogP contribution in [0.4, 0.5) is 8.78 Å². The average Bonchev–Trinajstić information content (AvgIpc) is 2.64. The van der Waals surface area contributed by atoms with E-state index in [4.69, 9.17) is 5.73 Å². The van der Waals surface area contributed by atoms with Crippen LogP contribution < -0.4 is 11.1 Å². The second-order valence-corrected chi connectivity index (χ2v) is 4.03. The number of nitrogens with zero attached hydrogens (tertiary/aromatic N) is 1. The number of hydrogen-bond donors (Lipinski definition) is 2. The summed E-state index contributed by atoms with van der Waals surface area (Å²) in [7, 11) is 0. The highest BCUT2D eigenvalue weighted by molar-refractivity contribution is 6.02. The highest BCUT2D eigenvalue weighted by Crippen LogP contribution is 2.12. The van der Waals surface area contributed by atoms with Crippen LogP contribution in [0.25, 0.3) is 0 Å². The van der Waals surface area contributed by atoms with Gasteiger partial charge in [-0.25, -0.2) is 8.78 Å². The van der Waals surface area contributed by atoms with E-state index in [-0.39, 0.29) is 37.6 Å². The van der Waals surface area contributed by atoms with Gasteiger partial charge in [-0.1, -0.05) is 0 Å². The quantitative estimate of drug-likeness (QED) is 0.616. The van der Waals surface area contributed by atoms with Gasteiger partial charge in [0, 0.05) is 25.8 Å². The van der Waals surface area contributed by atoms with Crippen LogP contribution >= 0.6 is 0 Å². The Labute approximate surface area is 102 Å². The van der Waals surface area contributed by atoms with E-state index in [0.717, 1.165) is 4.90 Å². The molecule has 1 rings (SSSR count). The van der Waals surface area contributed by atoms with Gasteiger partial charge in [-0.15, -0.1) is 0 Å². The van der Waals surface area contributed by atoms with E-state index >= 15 is 0 Å². The maximum atomic E-state index is 12.7. The number of alkyl halides is 2. The van der Waals surface area contributed by atoms with E-state index in [0.29, 0.717) is 0 Å².